The van der Waals surface area contributed by atoms with E-state index in [1.807, 2.05) is 6.92 Å². The maximum atomic E-state index is 11.8. The minimum absolute atomic E-state index is 0.162. The van der Waals surface area contributed by atoms with Crippen molar-refractivity contribution in [3.8, 4) is 17.0 Å². The lowest BCUT2D eigenvalue weighted by Gasteiger charge is -2.05. The first kappa shape index (κ1) is 12.9. The van der Waals surface area contributed by atoms with Crippen LogP contribution in [0.3, 0.4) is 0 Å². The highest BCUT2D eigenvalue weighted by atomic mass is 16.5. The largest absolute Gasteiger partial charge is 0.476 e. The second kappa shape index (κ2) is 4.78. The third-order valence-corrected chi connectivity index (χ3v) is 3.08. The van der Waals surface area contributed by atoms with E-state index in [0.717, 1.165) is 5.69 Å². The lowest BCUT2D eigenvalue weighted by molar-refractivity contribution is 0.0686. The van der Waals surface area contributed by atoms with Gasteiger partial charge in [-0.2, -0.15) is 0 Å². The molecule has 3 aromatic rings. The molecule has 7 heteroatoms. The summed E-state index contributed by atoms with van der Waals surface area (Å²) in [6.07, 6.45) is 1.62. The van der Waals surface area contributed by atoms with Crippen molar-refractivity contribution in [2.75, 3.05) is 0 Å². The fraction of sp³-hybridized carbons (Fsp3) is 0.0714. The minimum Gasteiger partial charge on any atom is -0.476 e. The number of hydrogen-bond acceptors (Lipinski definition) is 4. The zero-order valence-electron chi connectivity index (χ0n) is 11.0. The fourth-order valence-electron chi connectivity index (χ4n) is 2.09. The lowest BCUT2D eigenvalue weighted by Crippen LogP contribution is -2.15. The second-order valence-electron chi connectivity index (χ2n) is 4.50. The van der Waals surface area contributed by atoms with Gasteiger partial charge in [0.2, 0.25) is 0 Å². The normalized spacial score (nSPS) is 10.7. The van der Waals surface area contributed by atoms with Gasteiger partial charge in [0, 0.05) is 23.5 Å². The molecule has 0 radical (unpaired) electrons. The molecule has 0 unspecified atom stereocenters. The molecule has 0 atom stereocenters. The molecule has 0 spiro atoms. The van der Waals surface area contributed by atoms with Gasteiger partial charge in [0.15, 0.2) is 11.5 Å². The number of aromatic carboxylic acids is 1. The van der Waals surface area contributed by atoms with E-state index in [4.69, 9.17) is 9.63 Å². The number of carbonyl (C=O) groups is 1. The number of nitrogens with one attached hydrogen (secondary N) is 1. The average molecular weight is 285 g/mol. The van der Waals surface area contributed by atoms with Crippen molar-refractivity contribution < 1.29 is 14.4 Å². The molecule has 0 saturated heterocycles. The molecule has 0 saturated carbocycles. The van der Waals surface area contributed by atoms with E-state index in [9.17, 15) is 9.59 Å². The third-order valence-electron chi connectivity index (χ3n) is 3.08. The summed E-state index contributed by atoms with van der Waals surface area (Å²) >= 11 is 0. The Morgan fingerprint density at radius 2 is 2.19 bits per heavy atom. The Bertz CT molecular complexity index is 872. The molecule has 0 aliphatic heterocycles. The van der Waals surface area contributed by atoms with Gasteiger partial charge in [-0.1, -0.05) is 17.3 Å². The quantitative estimate of drug-likeness (QED) is 0.764. The summed E-state index contributed by atoms with van der Waals surface area (Å²) in [6.45, 7) is 1.81. The third kappa shape index (κ3) is 2.25. The van der Waals surface area contributed by atoms with Crippen molar-refractivity contribution in [2.45, 2.75) is 6.92 Å². The molecule has 7 nitrogen and oxygen atoms in total. The van der Waals surface area contributed by atoms with E-state index in [2.05, 4.69) is 10.1 Å². The Morgan fingerprint density at radius 1 is 1.38 bits per heavy atom. The summed E-state index contributed by atoms with van der Waals surface area (Å²) in [5.41, 5.74) is 1.66. The molecule has 1 aromatic carbocycles. The van der Waals surface area contributed by atoms with Crippen LogP contribution in [0, 0.1) is 6.92 Å². The topological polar surface area (TPSA) is 101 Å². The van der Waals surface area contributed by atoms with E-state index in [1.165, 1.54) is 10.6 Å². The average Bonchev–Trinajstić information content (AvgIpc) is 3.07. The Balaban J connectivity index is 2.08. The van der Waals surface area contributed by atoms with Gasteiger partial charge in [-0.05, 0) is 19.1 Å². The lowest BCUT2D eigenvalue weighted by atomic mass is 10.1. The Labute approximate surface area is 118 Å². The van der Waals surface area contributed by atoms with E-state index < -0.39 is 5.97 Å². The predicted octanol–water partition coefficient (Wildman–Crippen LogP) is 1.83. The van der Waals surface area contributed by atoms with Crippen LogP contribution in [0.2, 0.25) is 0 Å². The molecule has 0 fully saturated rings. The van der Waals surface area contributed by atoms with Crippen LogP contribution in [-0.4, -0.2) is 25.8 Å². The van der Waals surface area contributed by atoms with Crippen LogP contribution in [0.1, 0.15) is 16.2 Å². The summed E-state index contributed by atoms with van der Waals surface area (Å²) in [4.78, 5) is 25.2. The number of aryl methyl sites for hydroxylation is 1. The molecule has 0 bridgehead atoms. The number of carboxylic acids is 1. The maximum absolute atomic E-state index is 11.8. The monoisotopic (exact) mass is 285 g/mol. The molecule has 3 rings (SSSR count). The van der Waals surface area contributed by atoms with Gasteiger partial charge in [-0.25, -0.2) is 9.59 Å². The summed E-state index contributed by atoms with van der Waals surface area (Å²) in [5, 5.41) is 12.3. The van der Waals surface area contributed by atoms with E-state index in [1.54, 1.807) is 30.5 Å². The number of aromatic nitrogens is 3. The second-order valence-corrected chi connectivity index (χ2v) is 4.50. The van der Waals surface area contributed by atoms with Crippen molar-refractivity contribution >= 4 is 5.97 Å². The Hall–Kier alpha value is -3.09. The SMILES string of the molecule is Cc1c[nH]c(=O)n1-c1cccc(-c2cc(C(=O)O)no2)c1. The van der Waals surface area contributed by atoms with Crippen LogP contribution >= 0.6 is 0 Å². The Kier molecular flexibility index (Phi) is 2.94. The number of aromatic amines is 1. The molecule has 0 aliphatic rings. The first-order valence-electron chi connectivity index (χ1n) is 6.14. The zero-order valence-corrected chi connectivity index (χ0v) is 11.0. The zero-order chi connectivity index (χ0) is 15.0. The molecule has 0 amide bonds. The van der Waals surface area contributed by atoms with Crippen molar-refractivity contribution in [3.63, 3.8) is 0 Å². The van der Waals surface area contributed by atoms with Crippen molar-refractivity contribution in [1.29, 1.82) is 0 Å². The molecule has 2 N–H and O–H groups in total. The van der Waals surface area contributed by atoms with Crippen LogP contribution < -0.4 is 5.69 Å². The number of rotatable bonds is 3. The summed E-state index contributed by atoms with van der Waals surface area (Å²) in [6, 6.07) is 8.36. The highest BCUT2D eigenvalue weighted by Crippen LogP contribution is 2.23. The summed E-state index contributed by atoms with van der Waals surface area (Å²) in [7, 11) is 0. The number of benzene rings is 1. The van der Waals surface area contributed by atoms with Crippen molar-refractivity contribution in [1.82, 2.24) is 14.7 Å². The molecular weight excluding hydrogens is 274 g/mol. The summed E-state index contributed by atoms with van der Waals surface area (Å²) < 4.78 is 6.53. The first-order valence-corrected chi connectivity index (χ1v) is 6.14. The van der Waals surface area contributed by atoms with E-state index in [-0.39, 0.29) is 11.4 Å². The smallest absolute Gasteiger partial charge is 0.358 e. The van der Waals surface area contributed by atoms with Crippen LogP contribution in [-0.2, 0) is 0 Å². The van der Waals surface area contributed by atoms with Crippen LogP contribution in [0.5, 0.6) is 0 Å². The summed E-state index contributed by atoms with van der Waals surface area (Å²) in [5.74, 6) is -0.825. The van der Waals surface area contributed by atoms with Gasteiger partial charge in [-0.15, -0.1) is 0 Å². The van der Waals surface area contributed by atoms with Gasteiger partial charge >= 0.3 is 11.7 Å². The van der Waals surface area contributed by atoms with E-state index >= 15 is 0 Å². The van der Waals surface area contributed by atoms with Crippen LogP contribution in [0.4, 0.5) is 0 Å². The molecule has 2 heterocycles. The van der Waals surface area contributed by atoms with Crippen molar-refractivity contribution in [3.05, 3.63) is 58.4 Å². The molecule has 0 aliphatic carbocycles. The van der Waals surface area contributed by atoms with E-state index in [0.29, 0.717) is 17.0 Å². The van der Waals surface area contributed by atoms with Gasteiger partial charge in [0.1, 0.15) is 0 Å². The van der Waals surface area contributed by atoms with Crippen LogP contribution in [0.25, 0.3) is 17.0 Å². The fourth-order valence-corrected chi connectivity index (χ4v) is 2.09. The molecule has 2 aromatic heterocycles. The highest BCUT2D eigenvalue weighted by molar-refractivity contribution is 5.86. The van der Waals surface area contributed by atoms with Gasteiger partial charge in [0.05, 0.1) is 5.69 Å². The Morgan fingerprint density at radius 3 is 2.81 bits per heavy atom. The van der Waals surface area contributed by atoms with Gasteiger partial charge in [0.25, 0.3) is 0 Å². The number of carboxylic acid groups (broad SMARTS) is 1. The standard InChI is InChI=1S/C14H11N3O4/c1-8-7-15-14(20)17(8)10-4-2-3-9(5-10)12-6-11(13(18)19)16-21-12/h2-7H,1H3,(H,15,20)(H,18,19). The number of H-pyrrole nitrogens is 1. The number of imidazole rings is 1. The predicted molar refractivity (Wildman–Crippen MR) is 73.6 cm³/mol. The van der Waals surface area contributed by atoms with Crippen LogP contribution in [0.15, 0.2) is 45.8 Å². The highest BCUT2D eigenvalue weighted by Gasteiger charge is 2.13. The number of hydrogen-bond donors (Lipinski definition) is 2. The molecular formula is C14H11N3O4. The molecule has 21 heavy (non-hydrogen) atoms. The molecule has 106 valence electrons. The van der Waals surface area contributed by atoms with Gasteiger partial charge in [-0.3, -0.25) is 4.57 Å². The first-order chi connectivity index (χ1) is 10.1. The minimum atomic E-state index is -1.15. The van der Waals surface area contributed by atoms with Gasteiger partial charge < -0.3 is 14.6 Å². The van der Waals surface area contributed by atoms with Crippen molar-refractivity contribution in [2.24, 2.45) is 0 Å². The number of nitrogens with zero attached hydrogens (tertiary/aromatic N) is 2. The maximum Gasteiger partial charge on any atom is 0.358 e.